The zero-order chi connectivity index (χ0) is 25.1. The second-order valence-corrected chi connectivity index (χ2v) is 10.5. The fraction of sp³-hybridized carbons (Fsp3) is 0.444. The monoisotopic (exact) mass is 466 g/mol. The standard InChI is InChI=1S/C27H34N2O5/c1-26(2,3)15-14-22(23(30)29-27(4,5)24(31)32)28-25(33)34-16-21-19-12-8-6-10-17(19)18-11-7-9-13-20(18)21/h6-13,21-22H,14-16H2,1-5H3,(H,28,33)(H,29,30)(H,31,32). The number of carbonyl (C=O) groups is 3. The average Bonchev–Trinajstić information content (AvgIpc) is 3.08. The van der Waals surface area contributed by atoms with Crippen molar-refractivity contribution < 1.29 is 24.2 Å². The summed E-state index contributed by atoms with van der Waals surface area (Å²) in [6.07, 6.45) is 0.307. The van der Waals surface area contributed by atoms with Crippen LogP contribution in [0.25, 0.3) is 11.1 Å². The number of nitrogens with one attached hydrogen (secondary N) is 2. The molecule has 0 aliphatic heterocycles. The maximum atomic E-state index is 12.9. The van der Waals surface area contributed by atoms with E-state index in [1.165, 1.54) is 13.8 Å². The van der Waals surface area contributed by atoms with Crippen LogP contribution in [-0.4, -0.2) is 41.3 Å². The summed E-state index contributed by atoms with van der Waals surface area (Å²) in [6.45, 7) is 9.06. The number of hydrogen-bond donors (Lipinski definition) is 3. The first kappa shape index (κ1) is 25.3. The van der Waals surface area contributed by atoms with E-state index < -0.39 is 29.6 Å². The number of carboxylic acid groups (broad SMARTS) is 1. The maximum Gasteiger partial charge on any atom is 0.407 e. The molecule has 7 nitrogen and oxygen atoms in total. The zero-order valence-corrected chi connectivity index (χ0v) is 20.5. The predicted octanol–water partition coefficient (Wildman–Crippen LogP) is 4.70. The second kappa shape index (κ2) is 9.87. The maximum absolute atomic E-state index is 12.9. The highest BCUT2D eigenvalue weighted by molar-refractivity contribution is 5.90. The van der Waals surface area contributed by atoms with E-state index >= 15 is 0 Å². The van der Waals surface area contributed by atoms with E-state index in [0.29, 0.717) is 12.8 Å². The summed E-state index contributed by atoms with van der Waals surface area (Å²) in [6, 6.07) is 15.2. The summed E-state index contributed by atoms with van der Waals surface area (Å²) >= 11 is 0. The molecule has 1 atom stereocenters. The Kier molecular flexibility index (Phi) is 7.34. The first-order valence-electron chi connectivity index (χ1n) is 11.6. The number of ether oxygens (including phenoxy) is 1. The van der Waals surface area contributed by atoms with E-state index in [0.717, 1.165) is 22.3 Å². The van der Waals surface area contributed by atoms with Crippen LogP contribution in [0.4, 0.5) is 4.79 Å². The molecule has 0 aromatic heterocycles. The lowest BCUT2D eigenvalue weighted by Crippen LogP contribution is -2.56. The lowest BCUT2D eigenvalue weighted by atomic mass is 9.88. The van der Waals surface area contributed by atoms with Gasteiger partial charge in [0.05, 0.1) is 0 Å². The minimum atomic E-state index is -1.46. The molecule has 0 radical (unpaired) electrons. The number of carboxylic acids is 1. The second-order valence-electron chi connectivity index (χ2n) is 10.5. The van der Waals surface area contributed by atoms with Gasteiger partial charge in [-0.05, 0) is 54.4 Å². The summed E-state index contributed by atoms with van der Waals surface area (Å²) < 4.78 is 5.58. The smallest absolute Gasteiger partial charge is 0.407 e. The van der Waals surface area contributed by atoms with Crippen molar-refractivity contribution in [3.63, 3.8) is 0 Å². The van der Waals surface area contributed by atoms with E-state index in [-0.39, 0.29) is 17.9 Å². The van der Waals surface area contributed by atoms with E-state index in [9.17, 15) is 19.5 Å². The van der Waals surface area contributed by atoms with Crippen LogP contribution >= 0.6 is 0 Å². The molecule has 1 aliphatic rings. The molecule has 0 bridgehead atoms. The Balaban J connectivity index is 1.69. The molecule has 3 rings (SSSR count). The van der Waals surface area contributed by atoms with E-state index in [1.807, 2.05) is 57.2 Å². The van der Waals surface area contributed by atoms with Gasteiger partial charge >= 0.3 is 12.1 Å². The molecule has 7 heteroatoms. The van der Waals surface area contributed by atoms with Crippen molar-refractivity contribution in [3.8, 4) is 11.1 Å². The zero-order valence-electron chi connectivity index (χ0n) is 20.5. The number of hydrogen-bond acceptors (Lipinski definition) is 4. The van der Waals surface area contributed by atoms with Crippen LogP contribution in [0.15, 0.2) is 48.5 Å². The van der Waals surface area contributed by atoms with Crippen LogP contribution in [-0.2, 0) is 14.3 Å². The molecule has 0 spiro atoms. The number of alkyl carbamates (subject to hydrolysis) is 1. The lowest BCUT2D eigenvalue weighted by Gasteiger charge is -2.27. The molecule has 0 saturated carbocycles. The van der Waals surface area contributed by atoms with E-state index in [2.05, 4.69) is 22.8 Å². The van der Waals surface area contributed by atoms with Crippen molar-refractivity contribution >= 4 is 18.0 Å². The normalized spacial score (nSPS) is 14.0. The van der Waals surface area contributed by atoms with Gasteiger partial charge in [-0.1, -0.05) is 69.3 Å². The summed E-state index contributed by atoms with van der Waals surface area (Å²) in [7, 11) is 0. The van der Waals surface area contributed by atoms with Gasteiger partial charge < -0.3 is 20.5 Å². The average molecular weight is 467 g/mol. The topological polar surface area (TPSA) is 105 Å². The summed E-state index contributed by atoms with van der Waals surface area (Å²) in [4.78, 5) is 37.0. The highest BCUT2D eigenvalue weighted by Gasteiger charge is 2.34. The lowest BCUT2D eigenvalue weighted by molar-refractivity contribution is -0.146. The molecule has 2 aromatic carbocycles. The molecular weight excluding hydrogens is 432 g/mol. The van der Waals surface area contributed by atoms with Crippen LogP contribution in [0.3, 0.4) is 0 Å². The van der Waals surface area contributed by atoms with Gasteiger partial charge in [0.15, 0.2) is 0 Å². The SMILES string of the molecule is CC(C)(C)CCC(NC(=O)OCC1c2ccccc2-c2ccccc21)C(=O)NC(C)(C)C(=O)O. The Labute approximate surface area is 200 Å². The number of benzene rings is 2. The molecule has 34 heavy (non-hydrogen) atoms. The van der Waals surface area contributed by atoms with Gasteiger partial charge in [-0.15, -0.1) is 0 Å². The summed E-state index contributed by atoms with van der Waals surface area (Å²) in [5.41, 5.74) is 2.93. The number of carbonyl (C=O) groups excluding carboxylic acids is 2. The Bertz CT molecular complexity index is 1030. The fourth-order valence-electron chi connectivity index (χ4n) is 4.08. The first-order valence-corrected chi connectivity index (χ1v) is 11.6. The van der Waals surface area contributed by atoms with Gasteiger partial charge in [-0.3, -0.25) is 4.79 Å². The predicted molar refractivity (Wildman–Crippen MR) is 131 cm³/mol. The minimum absolute atomic E-state index is 0.0658. The van der Waals surface area contributed by atoms with Crippen LogP contribution < -0.4 is 10.6 Å². The fourth-order valence-corrected chi connectivity index (χ4v) is 4.08. The molecule has 0 heterocycles. The highest BCUT2D eigenvalue weighted by Crippen LogP contribution is 2.44. The number of fused-ring (bicyclic) bond motifs is 3. The number of rotatable bonds is 8. The third kappa shape index (κ3) is 5.95. The molecule has 182 valence electrons. The molecule has 2 aromatic rings. The minimum Gasteiger partial charge on any atom is -0.480 e. The van der Waals surface area contributed by atoms with E-state index in [4.69, 9.17) is 4.74 Å². The van der Waals surface area contributed by atoms with Crippen molar-refractivity contribution in [2.24, 2.45) is 5.41 Å². The first-order chi connectivity index (χ1) is 15.9. The van der Waals surface area contributed by atoms with Crippen LogP contribution in [0.1, 0.15) is 64.5 Å². The summed E-state index contributed by atoms with van der Waals surface area (Å²) in [5.74, 6) is -1.80. The molecule has 3 N–H and O–H groups in total. The van der Waals surface area contributed by atoms with Gasteiger partial charge in [0.25, 0.3) is 0 Å². The van der Waals surface area contributed by atoms with Gasteiger partial charge in [-0.2, -0.15) is 0 Å². The molecular formula is C27H34N2O5. The Morgan fingerprint density at radius 1 is 0.941 bits per heavy atom. The van der Waals surface area contributed by atoms with Crippen LogP contribution in [0.2, 0.25) is 0 Å². The van der Waals surface area contributed by atoms with Gasteiger partial charge in [-0.25, -0.2) is 9.59 Å². The van der Waals surface area contributed by atoms with Crippen molar-refractivity contribution in [1.29, 1.82) is 0 Å². The van der Waals surface area contributed by atoms with Crippen molar-refractivity contribution in [2.45, 2.75) is 65.0 Å². The molecule has 1 aliphatic carbocycles. The third-order valence-electron chi connectivity index (χ3n) is 6.11. The van der Waals surface area contributed by atoms with Gasteiger partial charge in [0.1, 0.15) is 18.2 Å². The van der Waals surface area contributed by atoms with Crippen LogP contribution in [0, 0.1) is 5.41 Å². The van der Waals surface area contributed by atoms with E-state index in [1.54, 1.807) is 0 Å². The largest absolute Gasteiger partial charge is 0.480 e. The molecule has 1 unspecified atom stereocenters. The van der Waals surface area contributed by atoms with Crippen molar-refractivity contribution in [1.82, 2.24) is 10.6 Å². The van der Waals surface area contributed by atoms with Gasteiger partial charge in [0, 0.05) is 5.92 Å². The van der Waals surface area contributed by atoms with Gasteiger partial charge in [0.2, 0.25) is 5.91 Å². The summed E-state index contributed by atoms with van der Waals surface area (Å²) in [5, 5.41) is 14.5. The molecule has 0 fully saturated rings. The van der Waals surface area contributed by atoms with Crippen molar-refractivity contribution in [3.05, 3.63) is 59.7 Å². The quantitative estimate of drug-likeness (QED) is 0.523. The molecule has 0 saturated heterocycles. The Morgan fingerprint density at radius 2 is 1.47 bits per heavy atom. The Hall–Kier alpha value is -3.35. The third-order valence-corrected chi connectivity index (χ3v) is 6.11. The molecule has 2 amide bonds. The highest BCUT2D eigenvalue weighted by atomic mass is 16.5. The van der Waals surface area contributed by atoms with Crippen LogP contribution in [0.5, 0.6) is 0 Å². The van der Waals surface area contributed by atoms with Crippen molar-refractivity contribution in [2.75, 3.05) is 6.61 Å². The number of amides is 2. The Morgan fingerprint density at radius 3 is 1.97 bits per heavy atom. The number of aliphatic carboxylic acids is 1.